The van der Waals surface area contributed by atoms with E-state index in [4.69, 9.17) is 5.53 Å². The summed E-state index contributed by atoms with van der Waals surface area (Å²) in [6.45, 7) is 0.177. The molecule has 0 heterocycles. The average Bonchev–Trinajstić information content (AvgIpc) is 2.46. The van der Waals surface area contributed by atoms with E-state index >= 15 is 0 Å². The summed E-state index contributed by atoms with van der Waals surface area (Å²) in [6.07, 6.45) is 0. The summed E-state index contributed by atoms with van der Waals surface area (Å²) in [4.78, 5) is 2.66. The van der Waals surface area contributed by atoms with Crippen LogP contribution in [0.3, 0.4) is 0 Å². The van der Waals surface area contributed by atoms with Crippen molar-refractivity contribution < 1.29 is 0 Å². The predicted molar refractivity (Wildman–Crippen MR) is 77.1 cm³/mol. The fourth-order valence-corrected chi connectivity index (χ4v) is 1.58. The Hall–Kier alpha value is -2.89. The van der Waals surface area contributed by atoms with Gasteiger partial charge in [0, 0.05) is 16.2 Å². The van der Waals surface area contributed by atoms with Gasteiger partial charge in [-0.2, -0.15) is 0 Å². The molecule has 0 unspecified atom stereocenters. The standard InChI is InChI=1S/C15H12N4/c16-19-17-12-6-8-13-7-4-5-11-15(13)18-14-9-2-1-3-10-14/h1-5,7,9-11,18H,12H2. The second-order valence-corrected chi connectivity index (χ2v) is 3.73. The molecule has 0 aliphatic heterocycles. The minimum Gasteiger partial charge on any atom is -0.355 e. The summed E-state index contributed by atoms with van der Waals surface area (Å²) < 4.78 is 0. The van der Waals surface area contributed by atoms with E-state index in [2.05, 4.69) is 27.2 Å². The van der Waals surface area contributed by atoms with Gasteiger partial charge in [0.15, 0.2) is 0 Å². The van der Waals surface area contributed by atoms with Gasteiger partial charge in [0.25, 0.3) is 0 Å². The number of nitrogens with one attached hydrogen (secondary N) is 1. The molecule has 0 aromatic heterocycles. The van der Waals surface area contributed by atoms with Gasteiger partial charge < -0.3 is 5.32 Å². The van der Waals surface area contributed by atoms with Gasteiger partial charge in [-0.05, 0) is 29.8 Å². The zero-order valence-corrected chi connectivity index (χ0v) is 10.2. The van der Waals surface area contributed by atoms with E-state index in [-0.39, 0.29) is 6.54 Å². The van der Waals surface area contributed by atoms with Crippen LogP contribution < -0.4 is 5.32 Å². The van der Waals surface area contributed by atoms with Crippen LogP contribution in [0.5, 0.6) is 0 Å². The van der Waals surface area contributed by atoms with E-state index in [1.165, 1.54) is 0 Å². The van der Waals surface area contributed by atoms with Crippen molar-refractivity contribution in [2.75, 3.05) is 11.9 Å². The normalized spacial score (nSPS) is 8.84. The van der Waals surface area contributed by atoms with Crippen LogP contribution in [0, 0.1) is 11.8 Å². The number of hydrogen-bond donors (Lipinski definition) is 1. The molecule has 0 atom stereocenters. The zero-order chi connectivity index (χ0) is 13.3. The molecule has 0 aliphatic rings. The Morgan fingerprint density at radius 3 is 2.58 bits per heavy atom. The third-order valence-corrected chi connectivity index (χ3v) is 2.42. The highest BCUT2D eigenvalue weighted by molar-refractivity contribution is 5.67. The summed E-state index contributed by atoms with van der Waals surface area (Å²) >= 11 is 0. The second-order valence-electron chi connectivity index (χ2n) is 3.73. The third kappa shape index (κ3) is 3.81. The molecule has 92 valence electrons. The van der Waals surface area contributed by atoms with Crippen molar-refractivity contribution in [1.82, 2.24) is 0 Å². The fraction of sp³-hybridized carbons (Fsp3) is 0.0667. The van der Waals surface area contributed by atoms with Crippen molar-refractivity contribution in [2.45, 2.75) is 0 Å². The van der Waals surface area contributed by atoms with Gasteiger partial charge in [0.2, 0.25) is 0 Å². The lowest BCUT2D eigenvalue weighted by Gasteiger charge is -2.08. The molecular weight excluding hydrogens is 236 g/mol. The SMILES string of the molecule is [N-]=[N+]=NCC#Cc1ccccc1Nc1ccccc1. The minimum absolute atomic E-state index is 0.177. The van der Waals surface area contributed by atoms with Gasteiger partial charge in [-0.3, -0.25) is 0 Å². The highest BCUT2D eigenvalue weighted by Crippen LogP contribution is 2.19. The van der Waals surface area contributed by atoms with Gasteiger partial charge in [-0.15, -0.1) is 0 Å². The number of azide groups is 1. The van der Waals surface area contributed by atoms with E-state index in [0.717, 1.165) is 16.9 Å². The summed E-state index contributed by atoms with van der Waals surface area (Å²) in [6, 6.07) is 17.7. The number of hydrogen-bond acceptors (Lipinski definition) is 2. The van der Waals surface area contributed by atoms with Crippen molar-refractivity contribution in [3.05, 3.63) is 70.6 Å². The Balaban J connectivity index is 2.20. The monoisotopic (exact) mass is 248 g/mol. The first-order valence-corrected chi connectivity index (χ1v) is 5.81. The van der Waals surface area contributed by atoms with Crippen LogP contribution in [0.4, 0.5) is 11.4 Å². The molecule has 2 aromatic carbocycles. The number of rotatable bonds is 3. The second kappa shape index (κ2) is 6.75. The van der Waals surface area contributed by atoms with Crippen molar-refractivity contribution in [3.8, 4) is 11.8 Å². The fourth-order valence-electron chi connectivity index (χ4n) is 1.58. The summed E-state index contributed by atoms with van der Waals surface area (Å²) in [7, 11) is 0. The predicted octanol–water partition coefficient (Wildman–Crippen LogP) is 4.09. The van der Waals surface area contributed by atoms with Crippen molar-refractivity contribution in [3.63, 3.8) is 0 Å². The van der Waals surface area contributed by atoms with Gasteiger partial charge in [0.05, 0.1) is 12.2 Å². The van der Waals surface area contributed by atoms with Crippen molar-refractivity contribution in [2.24, 2.45) is 5.11 Å². The molecule has 1 N–H and O–H groups in total. The Morgan fingerprint density at radius 1 is 1.05 bits per heavy atom. The van der Waals surface area contributed by atoms with Crippen LogP contribution in [0.2, 0.25) is 0 Å². The highest BCUT2D eigenvalue weighted by atomic mass is 15.1. The molecular formula is C15H12N4. The molecule has 4 heteroatoms. The maximum atomic E-state index is 8.19. The van der Waals surface area contributed by atoms with Gasteiger partial charge in [0.1, 0.15) is 0 Å². The third-order valence-electron chi connectivity index (χ3n) is 2.42. The van der Waals surface area contributed by atoms with Crippen LogP contribution in [0.25, 0.3) is 10.4 Å². The molecule has 0 saturated carbocycles. The molecule has 0 fully saturated rings. The van der Waals surface area contributed by atoms with Gasteiger partial charge in [-0.25, -0.2) is 0 Å². The molecule has 0 spiro atoms. The van der Waals surface area contributed by atoms with Crippen LogP contribution >= 0.6 is 0 Å². The maximum Gasteiger partial charge on any atom is 0.0880 e. The zero-order valence-electron chi connectivity index (χ0n) is 10.2. The topological polar surface area (TPSA) is 60.8 Å². The average molecular weight is 248 g/mol. The van der Waals surface area contributed by atoms with Gasteiger partial charge >= 0.3 is 0 Å². The molecule has 0 saturated heterocycles. The van der Waals surface area contributed by atoms with Gasteiger partial charge in [-0.1, -0.05) is 47.3 Å². The van der Waals surface area contributed by atoms with Crippen LogP contribution in [-0.2, 0) is 0 Å². The molecule has 4 nitrogen and oxygen atoms in total. The summed E-state index contributed by atoms with van der Waals surface area (Å²) in [5.74, 6) is 5.81. The summed E-state index contributed by atoms with van der Waals surface area (Å²) in [5, 5.41) is 6.69. The van der Waals surface area contributed by atoms with E-state index in [9.17, 15) is 0 Å². The first kappa shape index (κ1) is 12.6. The molecule has 2 rings (SSSR count). The molecule has 0 bridgehead atoms. The number of benzene rings is 2. The summed E-state index contributed by atoms with van der Waals surface area (Å²) in [5.41, 5.74) is 11.0. The van der Waals surface area contributed by atoms with Crippen LogP contribution in [-0.4, -0.2) is 6.54 Å². The molecule has 2 aromatic rings. The molecule has 19 heavy (non-hydrogen) atoms. The van der Waals surface area contributed by atoms with E-state index in [1.54, 1.807) is 0 Å². The van der Waals surface area contributed by atoms with Crippen molar-refractivity contribution in [1.29, 1.82) is 0 Å². The maximum absolute atomic E-state index is 8.19. The van der Waals surface area contributed by atoms with Crippen LogP contribution in [0.1, 0.15) is 5.56 Å². The number of anilines is 2. The first-order chi connectivity index (χ1) is 9.40. The van der Waals surface area contributed by atoms with Crippen LogP contribution in [0.15, 0.2) is 59.7 Å². The highest BCUT2D eigenvalue weighted by Gasteiger charge is 1.98. The molecule has 0 radical (unpaired) electrons. The lowest BCUT2D eigenvalue weighted by Crippen LogP contribution is -1.92. The van der Waals surface area contributed by atoms with E-state index in [0.29, 0.717) is 0 Å². The first-order valence-electron chi connectivity index (χ1n) is 5.81. The number of para-hydroxylation sites is 2. The lowest BCUT2D eigenvalue weighted by molar-refractivity contribution is 1.25. The van der Waals surface area contributed by atoms with Crippen molar-refractivity contribution >= 4 is 11.4 Å². The smallest absolute Gasteiger partial charge is 0.0880 e. The Labute approximate surface area is 111 Å². The largest absolute Gasteiger partial charge is 0.355 e. The molecule has 0 amide bonds. The van der Waals surface area contributed by atoms with E-state index < -0.39 is 0 Å². The number of nitrogens with zero attached hydrogens (tertiary/aromatic N) is 3. The van der Waals surface area contributed by atoms with E-state index in [1.807, 2.05) is 54.6 Å². The lowest BCUT2D eigenvalue weighted by atomic mass is 10.1. The molecule has 0 aliphatic carbocycles. The minimum atomic E-state index is 0.177. The Bertz CT molecular complexity index is 647. The Kier molecular flexibility index (Phi) is 4.46. The Morgan fingerprint density at radius 2 is 1.79 bits per heavy atom. The quantitative estimate of drug-likeness (QED) is 0.378.